The van der Waals surface area contributed by atoms with E-state index < -0.39 is 0 Å². The Morgan fingerprint density at radius 1 is 0.700 bits per heavy atom. The first-order chi connectivity index (χ1) is 14.5. The molecule has 30 heavy (non-hydrogen) atoms. The van der Waals surface area contributed by atoms with Crippen LogP contribution in [0.3, 0.4) is 0 Å². The van der Waals surface area contributed by atoms with Crippen molar-refractivity contribution in [2.75, 3.05) is 4.90 Å². The number of hydrogen-bond donors (Lipinski definition) is 0. The molecule has 0 aliphatic rings. The molecule has 0 bridgehead atoms. The van der Waals surface area contributed by atoms with Crippen molar-refractivity contribution in [2.45, 2.75) is 13.8 Å². The quantitative estimate of drug-likeness (QED) is 0.292. The number of halogens is 1. The Hall–Kier alpha value is -3.23. The van der Waals surface area contributed by atoms with Gasteiger partial charge in [-0.05, 0) is 56.3 Å². The van der Waals surface area contributed by atoms with Crippen molar-refractivity contribution in [2.24, 2.45) is 7.05 Å². The predicted molar refractivity (Wildman–Crippen MR) is 130 cm³/mol. The Balaban J connectivity index is 1.86. The van der Waals surface area contributed by atoms with E-state index in [-0.39, 0.29) is 0 Å². The number of hydrogen-bond acceptors (Lipinski definition) is 1. The summed E-state index contributed by atoms with van der Waals surface area (Å²) in [4.78, 5) is 2.32. The molecule has 5 rings (SSSR count). The van der Waals surface area contributed by atoms with Crippen molar-refractivity contribution >= 4 is 50.5 Å². The molecule has 0 spiro atoms. The number of anilines is 3. The molecule has 0 atom stereocenters. The van der Waals surface area contributed by atoms with E-state index >= 15 is 0 Å². The van der Waals surface area contributed by atoms with E-state index in [1.165, 1.54) is 22.0 Å². The Kier molecular flexibility index (Phi) is 4.52. The third-order valence-corrected chi connectivity index (χ3v) is 6.12. The number of aromatic nitrogens is 1. The second-order valence-electron chi connectivity index (χ2n) is 7.87. The van der Waals surface area contributed by atoms with Crippen LogP contribution in [0.15, 0.2) is 84.9 Å². The maximum absolute atomic E-state index is 6.73. The van der Waals surface area contributed by atoms with Gasteiger partial charge in [-0.3, -0.25) is 0 Å². The first kappa shape index (κ1) is 18.8. The minimum atomic E-state index is 0.776. The van der Waals surface area contributed by atoms with E-state index in [1.807, 2.05) is 6.07 Å². The Bertz CT molecular complexity index is 1320. The number of para-hydroxylation sites is 1. The highest BCUT2D eigenvalue weighted by atomic mass is 35.5. The lowest BCUT2D eigenvalue weighted by atomic mass is 10.1. The van der Waals surface area contributed by atoms with Gasteiger partial charge < -0.3 is 9.47 Å². The summed E-state index contributed by atoms with van der Waals surface area (Å²) in [5, 5.41) is 3.05. The van der Waals surface area contributed by atoms with Gasteiger partial charge in [0, 0.05) is 34.7 Å². The zero-order valence-electron chi connectivity index (χ0n) is 17.4. The predicted octanol–water partition coefficient (Wildman–Crippen LogP) is 8.07. The summed E-state index contributed by atoms with van der Waals surface area (Å²) in [6, 6.07) is 29.9. The Labute approximate surface area is 181 Å². The fourth-order valence-corrected chi connectivity index (χ4v) is 4.50. The van der Waals surface area contributed by atoms with Crippen molar-refractivity contribution in [1.82, 2.24) is 4.57 Å². The lowest BCUT2D eigenvalue weighted by Gasteiger charge is -2.27. The van der Waals surface area contributed by atoms with Gasteiger partial charge in [-0.25, -0.2) is 0 Å². The molecule has 148 valence electrons. The highest BCUT2D eigenvalue weighted by molar-refractivity contribution is 6.38. The van der Waals surface area contributed by atoms with Crippen LogP contribution in [0.1, 0.15) is 11.1 Å². The lowest BCUT2D eigenvalue weighted by molar-refractivity contribution is 1.01. The van der Waals surface area contributed by atoms with E-state index in [0.717, 1.165) is 33.0 Å². The van der Waals surface area contributed by atoms with Gasteiger partial charge in [0.15, 0.2) is 0 Å². The molecule has 2 nitrogen and oxygen atoms in total. The molecule has 0 aliphatic heterocycles. The second kappa shape index (κ2) is 7.23. The average Bonchev–Trinajstić information content (AvgIpc) is 3.06. The Morgan fingerprint density at radius 2 is 1.27 bits per heavy atom. The summed E-state index contributed by atoms with van der Waals surface area (Å²) in [6.45, 7) is 4.23. The van der Waals surface area contributed by atoms with Crippen LogP contribution < -0.4 is 4.90 Å². The third-order valence-electron chi connectivity index (χ3n) is 5.80. The highest BCUT2D eigenvalue weighted by Gasteiger charge is 2.20. The van der Waals surface area contributed by atoms with Gasteiger partial charge in [0.2, 0.25) is 0 Å². The van der Waals surface area contributed by atoms with Crippen LogP contribution in [0.5, 0.6) is 0 Å². The van der Waals surface area contributed by atoms with Crippen molar-refractivity contribution in [3.8, 4) is 0 Å². The molecule has 1 heterocycles. The maximum Gasteiger partial charge on any atom is 0.0748 e. The summed E-state index contributed by atoms with van der Waals surface area (Å²) in [7, 11) is 2.12. The van der Waals surface area contributed by atoms with Crippen LogP contribution in [0.25, 0.3) is 21.8 Å². The van der Waals surface area contributed by atoms with E-state index in [4.69, 9.17) is 11.6 Å². The van der Waals surface area contributed by atoms with Crippen molar-refractivity contribution < 1.29 is 0 Å². The molecule has 1 aromatic heterocycles. The molecular weight excluding hydrogens is 388 g/mol. The van der Waals surface area contributed by atoms with Gasteiger partial charge in [-0.2, -0.15) is 0 Å². The van der Waals surface area contributed by atoms with Gasteiger partial charge in [0.1, 0.15) is 0 Å². The standard InChI is InChI=1S/C27H23ClN2/c1-18-8-12-20(13-9-18)30(21-14-10-19(2)11-15-21)25-17-16-23(28)26-22-6-4-5-7-24(22)29(3)27(25)26/h4-17H,1-3H3. The SMILES string of the molecule is Cc1ccc(N(c2ccc(C)cc2)c2ccc(Cl)c3c4ccccc4n(C)c23)cc1. The monoisotopic (exact) mass is 410 g/mol. The van der Waals surface area contributed by atoms with Gasteiger partial charge >= 0.3 is 0 Å². The van der Waals surface area contributed by atoms with E-state index in [9.17, 15) is 0 Å². The first-order valence-electron chi connectivity index (χ1n) is 10.1. The maximum atomic E-state index is 6.73. The van der Waals surface area contributed by atoms with Crippen LogP contribution >= 0.6 is 11.6 Å². The van der Waals surface area contributed by atoms with Crippen LogP contribution in [-0.2, 0) is 7.05 Å². The van der Waals surface area contributed by atoms with Crippen LogP contribution in [0, 0.1) is 13.8 Å². The molecule has 0 amide bonds. The molecule has 0 unspecified atom stereocenters. The number of benzene rings is 4. The zero-order chi connectivity index (χ0) is 20.8. The molecule has 0 saturated heterocycles. The second-order valence-corrected chi connectivity index (χ2v) is 8.28. The molecular formula is C27H23ClN2. The fourth-order valence-electron chi connectivity index (χ4n) is 4.24. The van der Waals surface area contributed by atoms with Crippen molar-refractivity contribution in [3.63, 3.8) is 0 Å². The number of fused-ring (bicyclic) bond motifs is 3. The van der Waals surface area contributed by atoms with E-state index in [0.29, 0.717) is 0 Å². The lowest BCUT2D eigenvalue weighted by Crippen LogP contribution is -2.11. The molecule has 5 aromatic rings. The molecule has 0 saturated carbocycles. The van der Waals surface area contributed by atoms with E-state index in [1.54, 1.807) is 0 Å². The molecule has 3 heteroatoms. The van der Waals surface area contributed by atoms with Gasteiger partial charge in [0.05, 0.1) is 16.2 Å². The largest absolute Gasteiger partial charge is 0.342 e. The van der Waals surface area contributed by atoms with E-state index in [2.05, 4.69) is 109 Å². The number of rotatable bonds is 3. The number of aryl methyl sites for hydroxylation is 3. The smallest absolute Gasteiger partial charge is 0.0748 e. The van der Waals surface area contributed by atoms with Crippen molar-refractivity contribution in [1.29, 1.82) is 0 Å². The molecule has 4 aromatic carbocycles. The van der Waals surface area contributed by atoms with Crippen LogP contribution in [0.4, 0.5) is 17.1 Å². The Morgan fingerprint density at radius 3 is 1.87 bits per heavy atom. The van der Waals surface area contributed by atoms with Gasteiger partial charge in [-0.15, -0.1) is 0 Å². The normalized spacial score (nSPS) is 11.3. The summed E-state index contributed by atoms with van der Waals surface area (Å²) in [5.41, 5.74) is 8.15. The van der Waals surface area contributed by atoms with Gasteiger partial charge in [-0.1, -0.05) is 65.2 Å². The topological polar surface area (TPSA) is 8.17 Å². The van der Waals surface area contributed by atoms with Crippen LogP contribution in [0.2, 0.25) is 5.02 Å². The van der Waals surface area contributed by atoms with Crippen LogP contribution in [-0.4, -0.2) is 4.57 Å². The van der Waals surface area contributed by atoms with Gasteiger partial charge in [0.25, 0.3) is 0 Å². The third kappa shape index (κ3) is 2.96. The molecule has 0 N–H and O–H groups in total. The fraction of sp³-hybridized carbons (Fsp3) is 0.111. The highest BCUT2D eigenvalue weighted by Crippen LogP contribution is 2.44. The summed E-state index contributed by atoms with van der Waals surface area (Å²) >= 11 is 6.73. The summed E-state index contributed by atoms with van der Waals surface area (Å²) in [5.74, 6) is 0. The minimum absolute atomic E-state index is 0.776. The summed E-state index contributed by atoms with van der Waals surface area (Å²) < 4.78 is 2.25. The molecule has 0 fully saturated rings. The van der Waals surface area contributed by atoms with Crippen molar-refractivity contribution in [3.05, 3.63) is 101 Å². The molecule has 0 aliphatic carbocycles. The number of nitrogens with zero attached hydrogens (tertiary/aromatic N) is 2. The summed E-state index contributed by atoms with van der Waals surface area (Å²) in [6.07, 6.45) is 0. The first-order valence-corrected chi connectivity index (χ1v) is 10.5. The average molecular weight is 411 g/mol. The molecule has 0 radical (unpaired) electrons. The zero-order valence-corrected chi connectivity index (χ0v) is 18.1. The minimum Gasteiger partial charge on any atom is -0.342 e.